The van der Waals surface area contributed by atoms with Crippen molar-refractivity contribution in [2.24, 2.45) is 0 Å². The van der Waals surface area contributed by atoms with Gasteiger partial charge in [-0.15, -0.1) is 0 Å². The number of halogens is 2. The highest BCUT2D eigenvalue weighted by atomic mass is 35.5. The zero-order chi connectivity index (χ0) is 12.1. The summed E-state index contributed by atoms with van der Waals surface area (Å²) in [7, 11) is 0. The van der Waals surface area contributed by atoms with Crippen molar-refractivity contribution in [3.05, 3.63) is 40.4 Å². The molecule has 0 aromatic heterocycles. The second kappa shape index (κ2) is 5.53. The monoisotopic (exact) mass is 260 g/mol. The van der Waals surface area contributed by atoms with Crippen LogP contribution in [0.4, 0.5) is 0 Å². The number of benzene rings is 1. The molecule has 0 bridgehead atoms. The number of rotatable bonds is 3. The number of carboxylic acid groups (broad SMARTS) is 1. The van der Waals surface area contributed by atoms with E-state index in [9.17, 15) is 9.59 Å². The predicted molar refractivity (Wildman–Crippen MR) is 58.4 cm³/mol. The number of ether oxygens (including phenoxy) is 1. The predicted octanol–water partition coefficient (Wildman–Crippen LogP) is 2.37. The number of esters is 1. The molecule has 4 nitrogen and oxygen atoms in total. The number of carbonyl (C=O) groups excluding carboxylic acids is 1. The molecule has 0 saturated heterocycles. The van der Waals surface area contributed by atoms with Crippen LogP contribution in [0.3, 0.4) is 0 Å². The Morgan fingerprint density at radius 2 is 1.62 bits per heavy atom. The van der Waals surface area contributed by atoms with Crippen LogP contribution in [-0.4, -0.2) is 17.0 Å². The standard InChI is InChI=1S/C10H6Cl2O4/c11-7(9(13)14)8(12)10(15)16-6-4-2-1-3-5-6/h1-5H,(H,13,14). The molecule has 1 rings (SSSR count). The van der Waals surface area contributed by atoms with Crippen molar-refractivity contribution >= 4 is 35.1 Å². The minimum absolute atomic E-state index is 0.250. The second-order valence-electron chi connectivity index (χ2n) is 2.64. The first-order chi connectivity index (χ1) is 7.52. The van der Waals surface area contributed by atoms with Crippen molar-refractivity contribution in [2.45, 2.75) is 0 Å². The summed E-state index contributed by atoms with van der Waals surface area (Å²) in [6.07, 6.45) is 0. The number of hydrogen-bond donors (Lipinski definition) is 1. The molecule has 0 fully saturated rings. The Morgan fingerprint density at radius 3 is 2.12 bits per heavy atom. The van der Waals surface area contributed by atoms with Crippen LogP contribution < -0.4 is 4.74 Å². The van der Waals surface area contributed by atoms with Crippen LogP contribution in [0.25, 0.3) is 0 Å². The van der Waals surface area contributed by atoms with Crippen LogP contribution >= 0.6 is 23.2 Å². The van der Waals surface area contributed by atoms with Crippen molar-refractivity contribution in [3.8, 4) is 5.75 Å². The number of para-hydroxylation sites is 1. The maximum atomic E-state index is 11.3. The molecule has 1 aromatic rings. The van der Waals surface area contributed by atoms with E-state index < -0.39 is 22.0 Å². The molecule has 0 aliphatic carbocycles. The first-order valence-corrected chi connectivity index (χ1v) is 4.83. The van der Waals surface area contributed by atoms with Crippen LogP contribution in [0, 0.1) is 0 Å². The van der Waals surface area contributed by atoms with Gasteiger partial charge in [0.1, 0.15) is 5.75 Å². The number of carboxylic acids is 1. The van der Waals surface area contributed by atoms with E-state index in [0.29, 0.717) is 0 Å². The van der Waals surface area contributed by atoms with E-state index in [4.69, 9.17) is 33.0 Å². The molecule has 0 amide bonds. The number of hydrogen-bond acceptors (Lipinski definition) is 3. The molecule has 0 saturated carbocycles. The van der Waals surface area contributed by atoms with E-state index in [2.05, 4.69) is 0 Å². The van der Waals surface area contributed by atoms with Gasteiger partial charge in [0.25, 0.3) is 0 Å². The fraction of sp³-hybridized carbons (Fsp3) is 0. The molecule has 0 atom stereocenters. The van der Waals surface area contributed by atoms with E-state index in [0.717, 1.165) is 0 Å². The molecule has 84 valence electrons. The third kappa shape index (κ3) is 3.25. The Kier molecular flexibility index (Phi) is 4.34. The molecular formula is C10H6Cl2O4. The van der Waals surface area contributed by atoms with E-state index in [1.54, 1.807) is 18.2 Å². The first kappa shape index (κ1) is 12.5. The van der Waals surface area contributed by atoms with Crippen molar-refractivity contribution in [3.63, 3.8) is 0 Å². The average Bonchev–Trinajstić information content (AvgIpc) is 2.28. The molecule has 0 spiro atoms. The molecule has 0 heterocycles. The van der Waals surface area contributed by atoms with Crippen LogP contribution in [-0.2, 0) is 9.59 Å². The lowest BCUT2D eigenvalue weighted by atomic mass is 10.3. The van der Waals surface area contributed by atoms with Crippen LogP contribution in [0.2, 0.25) is 0 Å². The third-order valence-electron chi connectivity index (χ3n) is 1.51. The topological polar surface area (TPSA) is 63.6 Å². The normalized spacial score (nSPS) is 11.6. The molecule has 6 heteroatoms. The van der Waals surface area contributed by atoms with E-state index in [-0.39, 0.29) is 5.75 Å². The van der Waals surface area contributed by atoms with Crippen molar-refractivity contribution < 1.29 is 19.4 Å². The Labute approximate surface area is 101 Å². The Morgan fingerprint density at radius 1 is 1.06 bits per heavy atom. The summed E-state index contributed by atoms with van der Waals surface area (Å²) in [6, 6.07) is 8.09. The zero-order valence-electron chi connectivity index (χ0n) is 7.81. The van der Waals surface area contributed by atoms with Gasteiger partial charge in [0, 0.05) is 0 Å². The van der Waals surface area contributed by atoms with Gasteiger partial charge >= 0.3 is 11.9 Å². The van der Waals surface area contributed by atoms with Gasteiger partial charge in [0.15, 0.2) is 10.1 Å². The van der Waals surface area contributed by atoms with Crippen LogP contribution in [0.15, 0.2) is 40.4 Å². The molecule has 0 aliphatic heterocycles. The van der Waals surface area contributed by atoms with Gasteiger partial charge in [-0.05, 0) is 12.1 Å². The highest BCUT2D eigenvalue weighted by Crippen LogP contribution is 2.18. The Hall–Kier alpha value is -1.52. The van der Waals surface area contributed by atoms with Gasteiger partial charge in [0.2, 0.25) is 0 Å². The van der Waals surface area contributed by atoms with Gasteiger partial charge in [-0.1, -0.05) is 41.4 Å². The van der Waals surface area contributed by atoms with E-state index in [1.165, 1.54) is 12.1 Å². The fourth-order valence-corrected chi connectivity index (χ4v) is 1.02. The summed E-state index contributed by atoms with van der Waals surface area (Å²) in [5.74, 6) is -2.25. The summed E-state index contributed by atoms with van der Waals surface area (Å²) in [5.41, 5.74) is 0. The third-order valence-corrected chi connectivity index (χ3v) is 2.30. The smallest absolute Gasteiger partial charge is 0.356 e. The maximum Gasteiger partial charge on any atom is 0.356 e. The quantitative estimate of drug-likeness (QED) is 0.515. The van der Waals surface area contributed by atoms with Crippen molar-refractivity contribution in [2.75, 3.05) is 0 Å². The lowest BCUT2D eigenvalue weighted by Gasteiger charge is -2.02. The summed E-state index contributed by atoms with van der Waals surface area (Å²) < 4.78 is 4.77. The molecule has 1 aromatic carbocycles. The Bertz CT molecular complexity index is 439. The molecular weight excluding hydrogens is 255 g/mol. The first-order valence-electron chi connectivity index (χ1n) is 4.08. The van der Waals surface area contributed by atoms with Crippen LogP contribution in [0.1, 0.15) is 0 Å². The molecule has 0 aliphatic rings. The number of aliphatic carboxylic acids is 1. The van der Waals surface area contributed by atoms with Gasteiger partial charge < -0.3 is 9.84 Å². The maximum absolute atomic E-state index is 11.3. The van der Waals surface area contributed by atoms with E-state index >= 15 is 0 Å². The average molecular weight is 261 g/mol. The van der Waals surface area contributed by atoms with Gasteiger partial charge in [-0.2, -0.15) is 0 Å². The Balaban J connectivity index is 2.82. The minimum Gasteiger partial charge on any atom is -0.477 e. The largest absolute Gasteiger partial charge is 0.477 e. The SMILES string of the molecule is O=C(O)C(Cl)=C(Cl)C(=O)Oc1ccccc1. The van der Waals surface area contributed by atoms with Crippen LogP contribution in [0.5, 0.6) is 5.75 Å². The summed E-state index contributed by atoms with van der Waals surface area (Å²) in [6.45, 7) is 0. The lowest BCUT2D eigenvalue weighted by Crippen LogP contribution is -2.11. The summed E-state index contributed by atoms with van der Waals surface area (Å²) in [4.78, 5) is 21.7. The fourth-order valence-electron chi connectivity index (χ4n) is 0.824. The van der Waals surface area contributed by atoms with Gasteiger partial charge in [-0.3, -0.25) is 0 Å². The molecule has 0 radical (unpaired) electrons. The zero-order valence-corrected chi connectivity index (χ0v) is 9.33. The highest BCUT2D eigenvalue weighted by Gasteiger charge is 2.18. The minimum atomic E-state index is -1.49. The van der Waals surface area contributed by atoms with Crippen molar-refractivity contribution in [1.82, 2.24) is 0 Å². The summed E-state index contributed by atoms with van der Waals surface area (Å²) >= 11 is 10.7. The summed E-state index contributed by atoms with van der Waals surface area (Å²) in [5, 5.41) is 7.04. The van der Waals surface area contributed by atoms with Gasteiger partial charge in [-0.25, -0.2) is 9.59 Å². The molecule has 16 heavy (non-hydrogen) atoms. The van der Waals surface area contributed by atoms with Crippen molar-refractivity contribution in [1.29, 1.82) is 0 Å². The van der Waals surface area contributed by atoms with Gasteiger partial charge in [0.05, 0.1) is 0 Å². The second-order valence-corrected chi connectivity index (χ2v) is 3.39. The highest BCUT2D eigenvalue weighted by molar-refractivity contribution is 6.52. The number of carbonyl (C=O) groups is 2. The molecule has 1 N–H and O–H groups in total. The lowest BCUT2D eigenvalue weighted by molar-refractivity contribution is -0.133. The molecule has 0 unspecified atom stereocenters. The van der Waals surface area contributed by atoms with E-state index in [1.807, 2.05) is 0 Å².